The van der Waals surface area contributed by atoms with E-state index in [9.17, 15) is 4.79 Å². The SMILES string of the molecule is Cc1nn(C)c(C)c1CNC(=O)CCn1cc(Br)cn1. The van der Waals surface area contributed by atoms with Crippen LogP contribution in [0.25, 0.3) is 0 Å². The van der Waals surface area contributed by atoms with Gasteiger partial charge >= 0.3 is 0 Å². The lowest BCUT2D eigenvalue weighted by molar-refractivity contribution is -0.121. The van der Waals surface area contributed by atoms with Crippen LogP contribution in [-0.4, -0.2) is 25.5 Å². The third-order valence-corrected chi connectivity index (χ3v) is 3.70. The van der Waals surface area contributed by atoms with Gasteiger partial charge < -0.3 is 5.32 Å². The lowest BCUT2D eigenvalue weighted by Crippen LogP contribution is -2.24. The number of nitrogens with one attached hydrogen (secondary N) is 1. The molecular formula is C13H18BrN5O. The van der Waals surface area contributed by atoms with Gasteiger partial charge in [0.15, 0.2) is 0 Å². The summed E-state index contributed by atoms with van der Waals surface area (Å²) < 4.78 is 4.49. The summed E-state index contributed by atoms with van der Waals surface area (Å²) in [4.78, 5) is 11.8. The third-order valence-electron chi connectivity index (χ3n) is 3.29. The smallest absolute Gasteiger partial charge is 0.222 e. The highest BCUT2D eigenvalue weighted by atomic mass is 79.9. The number of carbonyl (C=O) groups is 1. The Morgan fingerprint density at radius 1 is 1.45 bits per heavy atom. The fourth-order valence-electron chi connectivity index (χ4n) is 2.03. The molecule has 0 aliphatic carbocycles. The van der Waals surface area contributed by atoms with Crippen molar-refractivity contribution in [3.63, 3.8) is 0 Å². The van der Waals surface area contributed by atoms with Crippen molar-refractivity contribution < 1.29 is 4.79 Å². The van der Waals surface area contributed by atoms with E-state index in [1.165, 1.54) is 0 Å². The van der Waals surface area contributed by atoms with E-state index in [-0.39, 0.29) is 5.91 Å². The van der Waals surface area contributed by atoms with Crippen LogP contribution in [0, 0.1) is 13.8 Å². The molecule has 0 aliphatic heterocycles. The van der Waals surface area contributed by atoms with Crippen LogP contribution in [-0.2, 0) is 24.9 Å². The number of halogens is 1. The Morgan fingerprint density at radius 2 is 2.20 bits per heavy atom. The highest BCUT2D eigenvalue weighted by Crippen LogP contribution is 2.11. The summed E-state index contributed by atoms with van der Waals surface area (Å²) in [5.41, 5.74) is 3.13. The van der Waals surface area contributed by atoms with Gasteiger partial charge in [0, 0.05) is 44.0 Å². The van der Waals surface area contributed by atoms with E-state index in [1.54, 1.807) is 10.9 Å². The quantitative estimate of drug-likeness (QED) is 0.901. The average molecular weight is 340 g/mol. The number of rotatable bonds is 5. The fourth-order valence-corrected chi connectivity index (χ4v) is 2.35. The Labute approximate surface area is 126 Å². The molecule has 0 fully saturated rings. The molecule has 0 saturated carbocycles. The van der Waals surface area contributed by atoms with Gasteiger partial charge in [0.25, 0.3) is 0 Å². The van der Waals surface area contributed by atoms with Crippen molar-refractivity contribution in [2.24, 2.45) is 7.05 Å². The Hall–Kier alpha value is -1.63. The first-order valence-electron chi connectivity index (χ1n) is 6.41. The normalized spacial score (nSPS) is 10.8. The Bertz CT molecular complexity index is 616. The fraction of sp³-hybridized carbons (Fsp3) is 0.462. The van der Waals surface area contributed by atoms with Gasteiger partial charge in [-0.05, 0) is 29.8 Å². The summed E-state index contributed by atoms with van der Waals surface area (Å²) in [7, 11) is 1.91. The highest BCUT2D eigenvalue weighted by molar-refractivity contribution is 9.10. The van der Waals surface area contributed by atoms with Crippen molar-refractivity contribution in [2.45, 2.75) is 33.4 Å². The van der Waals surface area contributed by atoms with Gasteiger partial charge in [-0.3, -0.25) is 14.2 Å². The number of aromatic nitrogens is 4. The van der Waals surface area contributed by atoms with Crippen molar-refractivity contribution in [1.82, 2.24) is 24.9 Å². The molecule has 7 heteroatoms. The predicted molar refractivity (Wildman–Crippen MR) is 79.1 cm³/mol. The number of nitrogens with zero attached hydrogens (tertiary/aromatic N) is 4. The largest absolute Gasteiger partial charge is 0.352 e. The molecule has 0 spiro atoms. The molecule has 20 heavy (non-hydrogen) atoms. The minimum Gasteiger partial charge on any atom is -0.352 e. The van der Waals surface area contributed by atoms with Crippen molar-refractivity contribution in [3.05, 3.63) is 33.8 Å². The minimum absolute atomic E-state index is 0.0132. The second-order valence-electron chi connectivity index (χ2n) is 4.72. The molecule has 2 heterocycles. The highest BCUT2D eigenvalue weighted by Gasteiger charge is 2.10. The first-order chi connectivity index (χ1) is 9.47. The van der Waals surface area contributed by atoms with Gasteiger partial charge in [-0.2, -0.15) is 10.2 Å². The second-order valence-corrected chi connectivity index (χ2v) is 5.64. The van der Waals surface area contributed by atoms with E-state index in [0.717, 1.165) is 21.4 Å². The van der Waals surface area contributed by atoms with Crippen LogP contribution >= 0.6 is 15.9 Å². The number of carbonyl (C=O) groups excluding carboxylic acids is 1. The van der Waals surface area contributed by atoms with Crippen LogP contribution in [0.5, 0.6) is 0 Å². The van der Waals surface area contributed by atoms with Gasteiger partial charge in [0.05, 0.1) is 16.4 Å². The molecule has 0 aliphatic rings. The molecule has 108 valence electrons. The first kappa shape index (κ1) is 14.8. The van der Waals surface area contributed by atoms with Gasteiger partial charge in [-0.1, -0.05) is 0 Å². The van der Waals surface area contributed by atoms with Crippen LogP contribution in [0.1, 0.15) is 23.4 Å². The van der Waals surface area contributed by atoms with E-state index in [2.05, 4.69) is 31.4 Å². The van der Waals surface area contributed by atoms with Gasteiger partial charge in [-0.25, -0.2) is 0 Å². The summed E-state index contributed by atoms with van der Waals surface area (Å²) in [6.45, 7) is 5.05. The molecule has 0 radical (unpaired) electrons. The zero-order valence-electron chi connectivity index (χ0n) is 11.9. The second kappa shape index (κ2) is 6.21. The van der Waals surface area contributed by atoms with Crippen molar-refractivity contribution in [2.75, 3.05) is 0 Å². The summed E-state index contributed by atoms with van der Waals surface area (Å²) >= 11 is 3.33. The Morgan fingerprint density at radius 3 is 2.75 bits per heavy atom. The van der Waals surface area contributed by atoms with Crippen LogP contribution < -0.4 is 5.32 Å². The van der Waals surface area contributed by atoms with Crippen LogP contribution in [0.15, 0.2) is 16.9 Å². The van der Waals surface area contributed by atoms with Gasteiger partial charge in [0.2, 0.25) is 5.91 Å². The molecule has 0 atom stereocenters. The summed E-state index contributed by atoms with van der Waals surface area (Å²) in [6, 6.07) is 0. The number of hydrogen-bond donors (Lipinski definition) is 1. The number of aryl methyl sites for hydroxylation is 3. The maximum absolute atomic E-state index is 11.8. The number of amides is 1. The van der Waals surface area contributed by atoms with Gasteiger partial charge in [-0.15, -0.1) is 0 Å². The van der Waals surface area contributed by atoms with E-state index in [0.29, 0.717) is 19.5 Å². The first-order valence-corrected chi connectivity index (χ1v) is 7.20. The van der Waals surface area contributed by atoms with E-state index >= 15 is 0 Å². The molecule has 2 aromatic rings. The molecule has 1 N–H and O–H groups in total. The average Bonchev–Trinajstić information content (AvgIpc) is 2.91. The monoisotopic (exact) mass is 339 g/mol. The lowest BCUT2D eigenvalue weighted by Gasteiger charge is -2.06. The standard InChI is InChI=1S/C13H18BrN5O/c1-9-12(10(2)18(3)17-9)7-15-13(20)4-5-19-8-11(14)6-16-19/h6,8H,4-5,7H2,1-3H3,(H,15,20). The zero-order chi connectivity index (χ0) is 14.7. The summed E-state index contributed by atoms with van der Waals surface area (Å²) in [5.74, 6) is 0.0132. The van der Waals surface area contributed by atoms with Crippen LogP contribution in [0.2, 0.25) is 0 Å². The molecular weight excluding hydrogens is 322 g/mol. The minimum atomic E-state index is 0.0132. The molecule has 0 saturated heterocycles. The van der Waals surface area contributed by atoms with E-state index in [1.807, 2.05) is 31.8 Å². The predicted octanol–water partition coefficient (Wildman–Crippen LogP) is 1.70. The summed E-state index contributed by atoms with van der Waals surface area (Å²) in [6.07, 6.45) is 3.97. The van der Waals surface area contributed by atoms with Crippen LogP contribution in [0.4, 0.5) is 0 Å². The third kappa shape index (κ3) is 3.47. The Kier molecular flexibility index (Phi) is 4.59. The van der Waals surface area contributed by atoms with Crippen molar-refractivity contribution >= 4 is 21.8 Å². The Balaban J connectivity index is 1.83. The summed E-state index contributed by atoms with van der Waals surface area (Å²) in [5, 5.41) is 11.4. The maximum atomic E-state index is 11.8. The van der Waals surface area contributed by atoms with E-state index < -0.39 is 0 Å². The van der Waals surface area contributed by atoms with E-state index in [4.69, 9.17) is 0 Å². The molecule has 0 unspecified atom stereocenters. The van der Waals surface area contributed by atoms with Crippen molar-refractivity contribution in [1.29, 1.82) is 0 Å². The maximum Gasteiger partial charge on any atom is 0.222 e. The van der Waals surface area contributed by atoms with Crippen LogP contribution in [0.3, 0.4) is 0 Å². The molecule has 2 rings (SSSR count). The molecule has 6 nitrogen and oxygen atoms in total. The topological polar surface area (TPSA) is 64.7 Å². The van der Waals surface area contributed by atoms with Crippen molar-refractivity contribution in [3.8, 4) is 0 Å². The number of hydrogen-bond acceptors (Lipinski definition) is 3. The zero-order valence-corrected chi connectivity index (χ0v) is 13.4. The van der Waals surface area contributed by atoms with Gasteiger partial charge in [0.1, 0.15) is 0 Å². The molecule has 0 bridgehead atoms. The molecule has 1 amide bonds. The molecule has 0 aromatic carbocycles. The molecule has 2 aromatic heterocycles. The lowest BCUT2D eigenvalue weighted by atomic mass is 10.2.